The fourth-order valence-electron chi connectivity index (χ4n) is 4.22. The second-order valence-electron chi connectivity index (χ2n) is 8.39. The third-order valence-corrected chi connectivity index (χ3v) is 6.18. The summed E-state index contributed by atoms with van der Waals surface area (Å²) in [5.41, 5.74) is 1.87. The first kappa shape index (κ1) is 21.9. The van der Waals surface area contributed by atoms with E-state index in [0.717, 1.165) is 24.0 Å². The highest BCUT2D eigenvalue weighted by molar-refractivity contribution is 5.97. The molecule has 2 atom stereocenters. The summed E-state index contributed by atoms with van der Waals surface area (Å²) >= 11 is 0. The number of carbonyl (C=O) groups excluding carboxylic acids is 3. The number of nitrogens with one attached hydrogen (secondary N) is 1. The minimum atomic E-state index is -0.583. The van der Waals surface area contributed by atoms with Gasteiger partial charge in [-0.05, 0) is 36.3 Å². The Balaban J connectivity index is 1.19. The van der Waals surface area contributed by atoms with Crippen molar-refractivity contribution >= 4 is 18.0 Å². The zero-order valence-electron chi connectivity index (χ0n) is 17.9. The standard InChI is InChI=1S/C25H28N2O5/c28-23-21(22(26-23)24(29)31-16-19-7-3-1-4-8-19)15-18-11-13-27(14-12-18)25(30)32-17-20-9-5-2-6-10-20/h1-10,18,21-22H,11-17H2,(H,26,28)/t21-,22+/m1/s1. The van der Waals surface area contributed by atoms with Crippen LogP contribution >= 0.6 is 0 Å². The lowest BCUT2D eigenvalue weighted by atomic mass is 9.79. The van der Waals surface area contributed by atoms with E-state index in [9.17, 15) is 14.4 Å². The van der Waals surface area contributed by atoms with Crippen LogP contribution in [0.1, 0.15) is 30.4 Å². The largest absolute Gasteiger partial charge is 0.459 e. The molecule has 1 N–H and O–H groups in total. The lowest BCUT2D eigenvalue weighted by molar-refractivity contribution is -0.159. The molecule has 0 spiro atoms. The van der Waals surface area contributed by atoms with Gasteiger partial charge in [0.2, 0.25) is 5.91 Å². The predicted octanol–water partition coefficient (Wildman–Crippen LogP) is 3.28. The Morgan fingerprint density at radius 2 is 1.44 bits per heavy atom. The van der Waals surface area contributed by atoms with E-state index in [-0.39, 0.29) is 43.0 Å². The minimum Gasteiger partial charge on any atom is -0.459 e. The third-order valence-electron chi connectivity index (χ3n) is 6.18. The molecule has 2 amide bonds. The van der Waals surface area contributed by atoms with Crippen molar-refractivity contribution in [3.05, 3.63) is 71.8 Å². The molecular weight excluding hydrogens is 408 g/mol. The summed E-state index contributed by atoms with van der Waals surface area (Å²) in [5.74, 6) is -0.565. The van der Waals surface area contributed by atoms with Gasteiger partial charge in [-0.25, -0.2) is 9.59 Å². The lowest BCUT2D eigenvalue weighted by Crippen LogP contribution is -2.62. The normalized spacial score (nSPS) is 20.8. The summed E-state index contributed by atoms with van der Waals surface area (Å²) in [6, 6.07) is 18.5. The lowest BCUT2D eigenvalue weighted by Gasteiger charge is -2.39. The molecular formula is C25H28N2O5. The van der Waals surface area contributed by atoms with Gasteiger partial charge in [0.05, 0.1) is 5.92 Å². The number of β-lactam (4-membered cyclic amide) rings is 1. The zero-order valence-corrected chi connectivity index (χ0v) is 17.9. The van der Waals surface area contributed by atoms with Crippen molar-refractivity contribution in [3.63, 3.8) is 0 Å². The van der Waals surface area contributed by atoms with Gasteiger partial charge in [0, 0.05) is 13.1 Å². The van der Waals surface area contributed by atoms with Crippen LogP contribution in [0.4, 0.5) is 4.79 Å². The van der Waals surface area contributed by atoms with Crippen LogP contribution in [0, 0.1) is 11.8 Å². The fourth-order valence-corrected chi connectivity index (χ4v) is 4.22. The van der Waals surface area contributed by atoms with Gasteiger partial charge in [0.25, 0.3) is 0 Å². The van der Waals surface area contributed by atoms with Gasteiger partial charge >= 0.3 is 12.1 Å². The summed E-state index contributed by atoms with van der Waals surface area (Å²) in [6.45, 7) is 1.64. The number of carbonyl (C=O) groups is 3. The number of ether oxygens (including phenoxy) is 2. The van der Waals surface area contributed by atoms with Gasteiger partial charge in [-0.3, -0.25) is 4.79 Å². The topological polar surface area (TPSA) is 84.9 Å². The highest BCUT2D eigenvalue weighted by Gasteiger charge is 2.46. The van der Waals surface area contributed by atoms with Crippen LogP contribution in [0.5, 0.6) is 0 Å². The second-order valence-corrected chi connectivity index (χ2v) is 8.39. The zero-order chi connectivity index (χ0) is 22.3. The van der Waals surface area contributed by atoms with Gasteiger partial charge in [0.1, 0.15) is 19.3 Å². The van der Waals surface area contributed by atoms with E-state index in [2.05, 4.69) is 5.32 Å². The van der Waals surface area contributed by atoms with Crippen molar-refractivity contribution in [2.75, 3.05) is 13.1 Å². The maximum absolute atomic E-state index is 12.4. The summed E-state index contributed by atoms with van der Waals surface area (Å²) in [6.07, 6.45) is 1.89. The number of hydrogen-bond donors (Lipinski definition) is 1. The van der Waals surface area contributed by atoms with Crippen LogP contribution in [0.15, 0.2) is 60.7 Å². The quantitative estimate of drug-likeness (QED) is 0.532. The molecule has 168 valence electrons. The number of rotatable bonds is 7. The van der Waals surface area contributed by atoms with Crippen LogP contribution < -0.4 is 5.32 Å². The van der Waals surface area contributed by atoms with E-state index >= 15 is 0 Å². The van der Waals surface area contributed by atoms with E-state index in [1.807, 2.05) is 60.7 Å². The van der Waals surface area contributed by atoms with Crippen LogP contribution in [-0.4, -0.2) is 42.0 Å². The summed E-state index contributed by atoms with van der Waals surface area (Å²) in [4.78, 5) is 38.5. The number of hydrogen-bond acceptors (Lipinski definition) is 5. The molecule has 0 aliphatic carbocycles. The van der Waals surface area contributed by atoms with Crippen molar-refractivity contribution < 1.29 is 23.9 Å². The van der Waals surface area contributed by atoms with E-state index < -0.39 is 6.04 Å². The average molecular weight is 437 g/mol. The van der Waals surface area contributed by atoms with Crippen LogP contribution in [-0.2, 0) is 32.3 Å². The Hall–Kier alpha value is -3.35. The van der Waals surface area contributed by atoms with E-state index in [1.54, 1.807) is 4.90 Å². The molecule has 0 bridgehead atoms. The molecule has 32 heavy (non-hydrogen) atoms. The van der Waals surface area contributed by atoms with Crippen molar-refractivity contribution in [2.45, 2.75) is 38.5 Å². The van der Waals surface area contributed by atoms with Crippen molar-refractivity contribution in [3.8, 4) is 0 Å². The Labute approximate surface area is 187 Å². The van der Waals surface area contributed by atoms with Crippen LogP contribution in [0.3, 0.4) is 0 Å². The molecule has 7 nitrogen and oxygen atoms in total. The molecule has 4 rings (SSSR count). The maximum Gasteiger partial charge on any atom is 0.410 e. The summed E-state index contributed by atoms with van der Waals surface area (Å²) in [7, 11) is 0. The molecule has 7 heteroatoms. The number of benzene rings is 2. The molecule has 2 aliphatic rings. The number of amides is 2. The average Bonchev–Trinajstić information content (AvgIpc) is 2.84. The molecule has 0 radical (unpaired) electrons. The van der Waals surface area contributed by atoms with Gasteiger partial charge in [-0.2, -0.15) is 0 Å². The monoisotopic (exact) mass is 436 g/mol. The van der Waals surface area contributed by atoms with Gasteiger partial charge < -0.3 is 19.7 Å². The van der Waals surface area contributed by atoms with E-state index in [1.165, 1.54) is 0 Å². The molecule has 2 aromatic carbocycles. The van der Waals surface area contributed by atoms with Gasteiger partial charge in [0.15, 0.2) is 0 Å². The summed E-state index contributed by atoms with van der Waals surface area (Å²) < 4.78 is 10.8. The molecule has 0 unspecified atom stereocenters. The number of likely N-dealkylation sites (tertiary alicyclic amines) is 1. The third kappa shape index (κ3) is 5.46. The van der Waals surface area contributed by atoms with Crippen molar-refractivity contribution in [2.24, 2.45) is 11.8 Å². The molecule has 2 heterocycles. The molecule has 2 aromatic rings. The van der Waals surface area contributed by atoms with Crippen molar-refractivity contribution in [1.29, 1.82) is 0 Å². The maximum atomic E-state index is 12.4. The highest BCUT2D eigenvalue weighted by Crippen LogP contribution is 2.30. The Morgan fingerprint density at radius 1 is 0.875 bits per heavy atom. The fraction of sp³-hybridized carbons (Fsp3) is 0.400. The first-order valence-electron chi connectivity index (χ1n) is 11.1. The van der Waals surface area contributed by atoms with Gasteiger partial charge in [-0.1, -0.05) is 60.7 Å². The smallest absolute Gasteiger partial charge is 0.410 e. The number of nitrogens with zero attached hydrogens (tertiary/aromatic N) is 1. The van der Waals surface area contributed by atoms with E-state index in [0.29, 0.717) is 19.5 Å². The summed E-state index contributed by atoms with van der Waals surface area (Å²) in [5, 5.41) is 2.68. The molecule has 0 aromatic heterocycles. The first-order valence-corrected chi connectivity index (χ1v) is 11.1. The Kier molecular flexibility index (Phi) is 7.04. The minimum absolute atomic E-state index is 0.101. The van der Waals surface area contributed by atoms with Gasteiger partial charge in [-0.15, -0.1) is 0 Å². The van der Waals surface area contributed by atoms with E-state index in [4.69, 9.17) is 9.47 Å². The second kappa shape index (κ2) is 10.3. The number of piperidine rings is 1. The van der Waals surface area contributed by atoms with Crippen molar-refractivity contribution in [1.82, 2.24) is 10.2 Å². The molecule has 0 saturated carbocycles. The highest BCUT2D eigenvalue weighted by atomic mass is 16.6. The molecule has 2 saturated heterocycles. The predicted molar refractivity (Wildman–Crippen MR) is 117 cm³/mol. The SMILES string of the molecule is O=C(OCc1ccccc1)[C@H]1NC(=O)[C@@H]1CC1CCN(C(=O)OCc2ccccc2)CC1. The Bertz CT molecular complexity index is 926. The van der Waals surface area contributed by atoms with Crippen LogP contribution in [0.25, 0.3) is 0 Å². The molecule has 2 fully saturated rings. The van der Waals surface area contributed by atoms with Crippen LogP contribution in [0.2, 0.25) is 0 Å². The molecule has 2 aliphatic heterocycles. The Morgan fingerprint density at radius 3 is 2.00 bits per heavy atom. The first-order chi connectivity index (χ1) is 15.6. The number of esters is 1.